The van der Waals surface area contributed by atoms with Gasteiger partial charge in [0.1, 0.15) is 5.75 Å². The van der Waals surface area contributed by atoms with Crippen molar-refractivity contribution in [3.8, 4) is 5.75 Å². The minimum absolute atomic E-state index is 0.202. The first-order valence-electron chi connectivity index (χ1n) is 6.72. The Kier molecular flexibility index (Phi) is 4.94. The zero-order chi connectivity index (χ0) is 15.2. The topological polar surface area (TPSA) is 59.4 Å². The summed E-state index contributed by atoms with van der Waals surface area (Å²) in [4.78, 5) is 14.2. The number of rotatable bonds is 6. The van der Waals surface area contributed by atoms with Gasteiger partial charge in [0.15, 0.2) is 5.82 Å². The molecule has 0 fully saturated rings. The van der Waals surface area contributed by atoms with Crippen LogP contribution in [0.4, 0.5) is 5.82 Å². The van der Waals surface area contributed by atoms with Gasteiger partial charge in [-0.2, -0.15) is 5.10 Å². The highest BCUT2D eigenvalue weighted by molar-refractivity contribution is 6.03. The van der Waals surface area contributed by atoms with Gasteiger partial charge in [-0.05, 0) is 32.3 Å². The maximum Gasteiger partial charge on any atom is 0.256 e. The Bertz CT molecular complexity index is 607. The summed E-state index contributed by atoms with van der Waals surface area (Å²) >= 11 is 0. The molecule has 0 aliphatic rings. The third-order valence-corrected chi connectivity index (χ3v) is 2.99. The number of nitrogens with zero attached hydrogens (tertiary/aromatic N) is 3. The molecule has 21 heavy (non-hydrogen) atoms. The number of likely N-dealkylation sites (N-methyl/N-ethyl adjacent to an activating group) is 1. The molecular formula is C15H20N4O2. The van der Waals surface area contributed by atoms with Gasteiger partial charge in [-0.25, -0.2) is 0 Å². The highest BCUT2D eigenvalue weighted by atomic mass is 16.5. The number of benzene rings is 1. The van der Waals surface area contributed by atoms with Crippen LogP contribution in [0.3, 0.4) is 0 Å². The largest absolute Gasteiger partial charge is 0.497 e. The number of anilines is 1. The lowest BCUT2D eigenvalue weighted by atomic mass is 10.2. The SMILES string of the molecule is COc1cccc(C(=O)Nc2ccn(CCN(C)C)n2)c1. The number of carbonyl (C=O) groups is 1. The molecule has 0 saturated heterocycles. The fraction of sp³-hybridized carbons (Fsp3) is 0.333. The number of hydrogen-bond acceptors (Lipinski definition) is 4. The molecule has 0 atom stereocenters. The van der Waals surface area contributed by atoms with Crippen LogP contribution in [0, 0.1) is 0 Å². The molecule has 6 heteroatoms. The summed E-state index contributed by atoms with van der Waals surface area (Å²) in [6, 6.07) is 8.79. The van der Waals surface area contributed by atoms with Crippen molar-refractivity contribution in [3.63, 3.8) is 0 Å². The van der Waals surface area contributed by atoms with Crippen molar-refractivity contribution in [2.75, 3.05) is 33.1 Å². The van der Waals surface area contributed by atoms with Gasteiger partial charge in [0, 0.05) is 24.4 Å². The lowest BCUT2D eigenvalue weighted by Crippen LogP contribution is -2.19. The second kappa shape index (κ2) is 6.90. The van der Waals surface area contributed by atoms with E-state index in [1.165, 1.54) is 0 Å². The zero-order valence-corrected chi connectivity index (χ0v) is 12.5. The Morgan fingerprint density at radius 3 is 2.90 bits per heavy atom. The van der Waals surface area contributed by atoms with Gasteiger partial charge in [0.05, 0.1) is 13.7 Å². The monoisotopic (exact) mass is 288 g/mol. The van der Waals surface area contributed by atoms with Crippen LogP contribution < -0.4 is 10.1 Å². The van der Waals surface area contributed by atoms with E-state index in [9.17, 15) is 4.79 Å². The number of ether oxygens (including phenoxy) is 1. The van der Waals surface area contributed by atoms with E-state index in [4.69, 9.17) is 4.74 Å². The number of aromatic nitrogens is 2. The number of hydrogen-bond donors (Lipinski definition) is 1. The van der Waals surface area contributed by atoms with Crippen LogP contribution in [-0.2, 0) is 6.54 Å². The second-order valence-corrected chi connectivity index (χ2v) is 4.95. The van der Waals surface area contributed by atoms with Crippen LogP contribution in [0.1, 0.15) is 10.4 Å². The summed E-state index contributed by atoms with van der Waals surface area (Å²) < 4.78 is 6.92. The molecule has 6 nitrogen and oxygen atoms in total. The fourth-order valence-corrected chi connectivity index (χ4v) is 1.81. The van der Waals surface area contributed by atoms with Crippen molar-refractivity contribution in [2.24, 2.45) is 0 Å². The molecule has 1 heterocycles. The zero-order valence-electron chi connectivity index (χ0n) is 12.5. The molecule has 2 aromatic rings. The Morgan fingerprint density at radius 1 is 1.38 bits per heavy atom. The standard InChI is InChI=1S/C15H20N4O2/c1-18(2)9-10-19-8-7-14(17-19)16-15(20)12-5-4-6-13(11-12)21-3/h4-8,11H,9-10H2,1-3H3,(H,16,17,20). The Labute approximate surface area is 124 Å². The first kappa shape index (κ1) is 15.1. The maximum absolute atomic E-state index is 12.1. The lowest BCUT2D eigenvalue weighted by Gasteiger charge is -2.08. The van der Waals surface area contributed by atoms with Gasteiger partial charge >= 0.3 is 0 Å². The van der Waals surface area contributed by atoms with Gasteiger partial charge in [-0.1, -0.05) is 6.07 Å². The van der Waals surface area contributed by atoms with Gasteiger partial charge < -0.3 is 15.0 Å². The van der Waals surface area contributed by atoms with Crippen LogP contribution in [0.5, 0.6) is 5.75 Å². The van der Waals surface area contributed by atoms with E-state index in [0.29, 0.717) is 17.1 Å². The molecular weight excluding hydrogens is 268 g/mol. The first-order valence-corrected chi connectivity index (χ1v) is 6.72. The molecule has 0 bridgehead atoms. The average molecular weight is 288 g/mol. The van der Waals surface area contributed by atoms with E-state index in [1.807, 2.05) is 20.3 Å². The molecule has 2 rings (SSSR count). The molecule has 1 amide bonds. The Morgan fingerprint density at radius 2 is 2.19 bits per heavy atom. The third-order valence-electron chi connectivity index (χ3n) is 2.99. The summed E-state index contributed by atoms with van der Waals surface area (Å²) in [5.41, 5.74) is 0.539. The van der Waals surface area contributed by atoms with E-state index in [0.717, 1.165) is 13.1 Å². The van der Waals surface area contributed by atoms with Crippen molar-refractivity contribution >= 4 is 11.7 Å². The maximum atomic E-state index is 12.1. The number of methoxy groups -OCH3 is 1. The van der Waals surface area contributed by atoms with Gasteiger partial charge in [-0.3, -0.25) is 9.48 Å². The molecule has 0 aliphatic carbocycles. The molecule has 1 aromatic heterocycles. The Hall–Kier alpha value is -2.34. The number of carbonyl (C=O) groups excluding carboxylic acids is 1. The van der Waals surface area contributed by atoms with E-state index >= 15 is 0 Å². The van der Waals surface area contributed by atoms with Crippen molar-refractivity contribution < 1.29 is 9.53 Å². The molecule has 0 spiro atoms. The Balaban J connectivity index is 1.99. The molecule has 0 saturated carbocycles. The lowest BCUT2D eigenvalue weighted by molar-refractivity contribution is 0.102. The van der Waals surface area contributed by atoms with E-state index in [2.05, 4.69) is 15.3 Å². The summed E-state index contributed by atoms with van der Waals surface area (Å²) in [7, 11) is 5.59. The number of amides is 1. The minimum atomic E-state index is -0.202. The minimum Gasteiger partial charge on any atom is -0.497 e. The van der Waals surface area contributed by atoms with Crippen molar-refractivity contribution in [2.45, 2.75) is 6.54 Å². The second-order valence-electron chi connectivity index (χ2n) is 4.95. The summed E-state index contributed by atoms with van der Waals surface area (Å²) in [6.07, 6.45) is 1.85. The first-order chi connectivity index (χ1) is 10.1. The fourth-order valence-electron chi connectivity index (χ4n) is 1.81. The highest BCUT2D eigenvalue weighted by Gasteiger charge is 2.09. The smallest absolute Gasteiger partial charge is 0.256 e. The summed E-state index contributed by atoms with van der Waals surface area (Å²) in [6.45, 7) is 1.67. The molecule has 0 unspecified atom stereocenters. The predicted octanol–water partition coefficient (Wildman–Crippen LogP) is 1.71. The van der Waals surface area contributed by atoms with E-state index in [-0.39, 0.29) is 5.91 Å². The highest BCUT2D eigenvalue weighted by Crippen LogP contribution is 2.14. The number of nitrogens with one attached hydrogen (secondary N) is 1. The van der Waals surface area contributed by atoms with E-state index in [1.54, 1.807) is 42.1 Å². The van der Waals surface area contributed by atoms with Gasteiger partial charge in [-0.15, -0.1) is 0 Å². The van der Waals surface area contributed by atoms with Crippen LogP contribution in [0.2, 0.25) is 0 Å². The average Bonchev–Trinajstić information content (AvgIpc) is 2.92. The van der Waals surface area contributed by atoms with Crippen molar-refractivity contribution in [1.82, 2.24) is 14.7 Å². The predicted molar refractivity (Wildman–Crippen MR) is 81.7 cm³/mol. The third kappa shape index (κ3) is 4.32. The van der Waals surface area contributed by atoms with Crippen LogP contribution in [0.25, 0.3) is 0 Å². The normalized spacial score (nSPS) is 10.7. The molecule has 112 valence electrons. The molecule has 1 aromatic carbocycles. The molecule has 1 N–H and O–H groups in total. The quantitative estimate of drug-likeness (QED) is 0.879. The summed E-state index contributed by atoms with van der Waals surface area (Å²) in [5.74, 6) is 0.993. The van der Waals surface area contributed by atoms with Crippen LogP contribution in [0.15, 0.2) is 36.5 Å². The van der Waals surface area contributed by atoms with Crippen LogP contribution in [-0.4, -0.2) is 48.3 Å². The summed E-state index contributed by atoms with van der Waals surface area (Å²) in [5, 5.41) is 7.09. The van der Waals surface area contributed by atoms with Crippen molar-refractivity contribution in [3.05, 3.63) is 42.1 Å². The molecule has 0 radical (unpaired) electrons. The van der Waals surface area contributed by atoms with Crippen molar-refractivity contribution in [1.29, 1.82) is 0 Å². The van der Waals surface area contributed by atoms with E-state index < -0.39 is 0 Å². The van der Waals surface area contributed by atoms with Gasteiger partial charge in [0.25, 0.3) is 5.91 Å². The van der Waals surface area contributed by atoms with Crippen LogP contribution >= 0.6 is 0 Å². The van der Waals surface area contributed by atoms with Gasteiger partial charge in [0.2, 0.25) is 0 Å². The molecule has 0 aliphatic heterocycles.